The van der Waals surface area contributed by atoms with E-state index in [1.54, 1.807) is 6.07 Å². The summed E-state index contributed by atoms with van der Waals surface area (Å²) in [6.45, 7) is 0.836. The third-order valence-electron chi connectivity index (χ3n) is 6.10. The van der Waals surface area contributed by atoms with Gasteiger partial charge in [-0.25, -0.2) is 4.39 Å². The molecule has 208 valence electrons. The molecule has 1 aliphatic heterocycles. The minimum Gasteiger partial charge on any atom is -0.493 e. The molecule has 2 amide bonds. The van der Waals surface area contributed by atoms with Crippen molar-refractivity contribution in [1.29, 1.82) is 0 Å². The van der Waals surface area contributed by atoms with E-state index in [9.17, 15) is 32.3 Å². The first-order valence-corrected chi connectivity index (χ1v) is 12.6. The lowest BCUT2D eigenvalue weighted by molar-refractivity contribution is -0.137. The molecule has 0 unspecified atom stereocenters. The van der Waals surface area contributed by atoms with Crippen molar-refractivity contribution in [2.45, 2.75) is 63.4 Å². The Balaban J connectivity index is 1.69. The van der Waals surface area contributed by atoms with Gasteiger partial charge in [-0.05, 0) is 55.0 Å². The molecule has 0 aliphatic carbocycles. The molecule has 2 bridgehead atoms. The van der Waals surface area contributed by atoms with Crippen LogP contribution >= 0.6 is 0 Å². The molecule has 0 spiro atoms. The standard InChI is InChI=1S/C27H33F4N3O4/c28-21-12-19-13-22(15-21)38-10-2-1-9-33-25(36)7-4-8-26(37)34-23(14-19)24(35)17-32-16-18-5-3-6-20(11-18)27(29,30)31/h3,5-6,11-13,15,23-24,32,35H,1-2,4,7-10,14,16-17H2,(H,33,36)(H,34,37)/t23-,24+/m0/s1. The van der Waals surface area contributed by atoms with Crippen LogP contribution in [0.1, 0.15) is 48.8 Å². The Morgan fingerprint density at radius 2 is 1.84 bits per heavy atom. The maximum absolute atomic E-state index is 14.3. The molecule has 2 atom stereocenters. The summed E-state index contributed by atoms with van der Waals surface area (Å²) in [7, 11) is 0. The van der Waals surface area contributed by atoms with Gasteiger partial charge in [0.15, 0.2) is 0 Å². The predicted octanol–water partition coefficient (Wildman–Crippen LogP) is 3.48. The van der Waals surface area contributed by atoms with Crippen LogP contribution in [0.3, 0.4) is 0 Å². The van der Waals surface area contributed by atoms with E-state index in [0.717, 1.165) is 12.1 Å². The molecule has 1 heterocycles. The summed E-state index contributed by atoms with van der Waals surface area (Å²) in [4.78, 5) is 24.5. The summed E-state index contributed by atoms with van der Waals surface area (Å²) in [5, 5.41) is 19.3. The van der Waals surface area contributed by atoms with Crippen LogP contribution in [0.4, 0.5) is 17.6 Å². The lowest BCUT2D eigenvalue weighted by Crippen LogP contribution is -2.48. The number of rotatable bonds is 5. The van der Waals surface area contributed by atoms with Crippen LogP contribution in [0, 0.1) is 5.82 Å². The van der Waals surface area contributed by atoms with Gasteiger partial charge in [0.1, 0.15) is 11.6 Å². The van der Waals surface area contributed by atoms with Crippen molar-refractivity contribution in [1.82, 2.24) is 16.0 Å². The molecule has 0 saturated carbocycles. The van der Waals surface area contributed by atoms with Gasteiger partial charge in [-0.3, -0.25) is 9.59 Å². The fourth-order valence-electron chi connectivity index (χ4n) is 4.15. The molecular weight excluding hydrogens is 506 g/mol. The first-order valence-electron chi connectivity index (χ1n) is 12.6. The summed E-state index contributed by atoms with van der Waals surface area (Å²) in [6, 6.07) is 8.22. The number of amides is 2. The Morgan fingerprint density at radius 1 is 1.05 bits per heavy atom. The number of aliphatic hydroxyl groups is 1. The number of fused-ring (bicyclic) bond motifs is 2. The number of ether oxygens (including phenoxy) is 1. The average Bonchev–Trinajstić information content (AvgIpc) is 2.84. The van der Waals surface area contributed by atoms with Crippen molar-refractivity contribution in [3.63, 3.8) is 0 Å². The maximum Gasteiger partial charge on any atom is 0.416 e. The van der Waals surface area contributed by atoms with Crippen LogP contribution in [-0.2, 0) is 28.7 Å². The fraction of sp³-hybridized carbons (Fsp3) is 0.481. The quantitative estimate of drug-likeness (QED) is 0.436. The summed E-state index contributed by atoms with van der Waals surface area (Å²) in [5.41, 5.74) is 0.120. The monoisotopic (exact) mass is 539 g/mol. The van der Waals surface area contributed by atoms with E-state index in [-0.39, 0.29) is 44.2 Å². The van der Waals surface area contributed by atoms with Crippen LogP contribution in [0.25, 0.3) is 0 Å². The molecule has 3 rings (SSSR count). The predicted molar refractivity (Wildman–Crippen MR) is 133 cm³/mol. The van der Waals surface area contributed by atoms with Crippen LogP contribution in [0.5, 0.6) is 5.75 Å². The first kappa shape index (κ1) is 29.4. The highest BCUT2D eigenvalue weighted by molar-refractivity contribution is 5.79. The molecule has 38 heavy (non-hydrogen) atoms. The van der Waals surface area contributed by atoms with Gasteiger partial charge in [0.25, 0.3) is 0 Å². The van der Waals surface area contributed by atoms with Gasteiger partial charge in [0.2, 0.25) is 11.8 Å². The fourth-order valence-corrected chi connectivity index (χ4v) is 4.15. The van der Waals surface area contributed by atoms with E-state index in [2.05, 4.69) is 16.0 Å². The molecule has 7 nitrogen and oxygen atoms in total. The first-order chi connectivity index (χ1) is 18.1. The van der Waals surface area contributed by atoms with E-state index < -0.39 is 29.7 Å². The molecule has 11 heteroatoms. The van der Waals surface area contributed by atoms with Crippen molar-refractivity contribution >= 4 is 11.8 Å². The summed E-state index contributed by atoms with van der Waals surface area (Å²) in [5.74, 6) is -0.746. The Labute approximate surface area is 218 Å². The largest absolute Gasteiger partial charge is 0.493 e. The van der Waals surface area contributed by atoms with E-state index in [1.165, 1.54) is 24.3 Å². The minimum atomic E-state index is -4.46. The van der Waals surface area contributed by atoms with Gasteiger partial charge in [-0.15, -0.1) is 0 Å². The average molecular weight is 540 g/mol. The molecule has 0 fully saturated rings. The number of aliphatic hydroxyl groups excluding tert-OH is 1. The van der Waals surface area contributed by atoms with Crippen LogP contribution in [0.15, 0.2) is 42.5 Å². The highest BCUT2D eigenvalue weighted by Gasteiger charge is 2.30. The molecule has 2 aromatic rings. The van der Waals surface area contributed by atoms with Gasteiger partial charge in [0, 0.05) is 38.5 Å². The number of carbonyl (C=O) groups is 2. The topological polar surface area (TPSA) is 99.7 Å². The van der Waals surface area contributed by atoms with Crippen LogP contribution < -0.4 is 20.7 Å². The Bertz CT molecular complexity index is 1080. The van der Waals surface area contributed by atoms with Crippen LogP contribution in [-0.4, -0.2) is 48.8 Å². The Hall–Kier alpha value is -3.18. The Morgan fingerprint density at radius 3 is 2.63 bits per heavy atom. The summed E-state index contributed by atoms with van der Waals surface area (Å²) in [6.07, 6.45) is -3.59. The number of carbonyl (C=O) groups excluding carboxylic acids is 2. The molecule has 0 saturated heterocycles. The number of hydrogen-bond donors (Lipinski definition) is 4. The molecular formula is C27H33F4N3O4. The van der Waals surface area contributed by atoms with Gasteiger partial charge in [-0.2, -0.15) is 13.2 Å². The maximum atomic E-state index is 14.3. The SMILES string of the molecule is O=C1CCCC(=O)N[C@H]([C@H](O)CNCc2cccc(C(F)(F)F)c2)Cc2cc(F)cc(c2)OCCCCN1. The highest BCUT2D eigenvalue weighted by atomic mass is 19.4. The van der Waals surface area contributed by atoms with Crippen molar-refractivity contribution < 1.29 is 37.0 Å². The van der Waals surface area contributed by atoms with E-state index in [0.29, 0.717) is 49.3 Å². The van der Waals surface area contributed by atoms with Crippen molar-refractivity contribution in [2.24, 2.45) is 0 Å². The molecule has 1 aliphatic rings. The zero-order valence-electron chi connectivity index (χ0n) is 21.0. The van der Waals surface area contributed by atoms with Crippen molar-refractivity contribution in [2.75, 3.05) is 19.7 Å². The van der Waals surface area contributed by atoms with Gasteiger partial charge in [-0.1, -0.05) is 18.2 Å². The number of hydrogen-bond acceptors (Lipinski definition) is 5. The molecule has 4 N–H and O–H groups in total. The van der Waals surface area contributed by atoms with E-state index >= 15 is 0 Å². The Kier molecular flexibility index (Phi) is 10.9. The van der Waals surface area contributed by atoms with Gasteiger partial charge >= 0.3 is 6.18 Å². The summed E-state index contributed by atoms with van der Waals surface area (Å²) >= 11 is 0. The lowest BCUT2D eigenvalue weighted by atomic mass is 10.00. The minimum absolute atomic E-state index is 0.0394. The smallest absolute Gasteiger partial charge is 0.416 e. The van der Waals surface area contributed by atoms with Gasteiger partial charge < -0.3 is 25.8 Å². The number of nitrogens with one attached hydrogen (secondary N) is 3. The zero-order chi connectivity index (χ0) is 27.5. The zero-order valence-corrected chi connectivity index (χ0v) is 21.0. The molecule has 0 radical (unpaired) electrons. The van der Waals surface area contributed by atoms with E-state index in [4.69, 9.17) is 4.74 Å². The lowest BCUT2D eigenvalue weighted by Gasteiger charge is -2.25. The number of alkyl halides is 3. The second-order valence-electron chi connectivity index (χ2n) is 9.33. The second-order valence-corrected chi connectivity index (χ2v) is 9.33. The number of halogens is 4. The van der Waals surface area contributed by atoms with Gasteiger partial charge in [0.05, 0.1) is 24.3 Å². The third kappa shape index (κ3) is 9.94. The van der Waals surface area contributed by atoms with Crippen molar-refractivity contribution in [3.05, 3.63) is 65.0 Å². The van der Waals surface area contributed by atoms with Crippen LogP contribution in [0.2, 0.25) is 0 Å². The van der Waals surface area contributed by atoms with E-state index in [1.807, 2.05) is 0 Å². The third-order valence-corrected chi connectivity index (χ3v) is 6.10. The molecule has 2 aromatic carbocycles. The highest BCUT2D eigenvalue weighted by Crippen LogP contribution is 2.29. The summed E-state index contributed by atoms with van der Waals surface area (Å²) < 4.78 is 58.9. The molecule has 0 aromatic heterocycles. The number of benzene rings is 2. The second kappa shape index (κ2) is 14.1. The normalized spacial score (nSPS) is 19.0. The van der Waals surface area contributed by atoms with Crippen molar-refractivity contribution in [3.8, 4) is 5.75 Å².